The highest BCUT2D eigenvalue weighted by molar-refractivity contribution is 7.91. The highest BCUT2D eigenvalue weighted by atomic mass is 32.2. The van der Waals surface area contributed by atoms with Crippen LogP contribution >= 0.6 is 0 Å². The summed E-state index contributed by atoms with van der Waals surface area (Å²) in [6, 6.07) is 6.19. The summed E-state index contributed by atoms with van der Waals surface area (Å²) < 4.78 is 36.7. The fourth-order valence-electron chi connectivity index (χ4n) is 1.19. The van der Waals surface area contributed by atoms with Gasteiger partial charge < -0.3 is 9.47 Å². The van der Waals surface area contributed by atoms with Crippen LogP contribution in [0.15, 0.2) is 24.3 Å². The number of benzene rings is 1. The molecule has 1 amide bonds. The SMILES string of the molecule is COc1ccc(NS(=O)(=O)NC(=O)OC(C)C)cc1. The molecule has 0 aliphatic carbocycles. The van der Waals surface area contributed by atoms with Crippen LogP contribution in [0.1, 0.15) is 13.8 Å². The number of hydrogen-bond donors (Lipinski definition) is 2. The van der Waals surface area contributed by atoms with Crippen molar-refractivity contribution in [2.24, 2.45) is 0 Å². The second-order valence-electron chi connectivity index (χ2n) is 3.89. The van der Waals surface area contributed by atoms with Gasteiger partial charge in [0.15, 0.2) is 0 Å². The van der Waals surface area contributed by atoms with Crippen molar-refractivity contribution >= 4 is 22.0 Å². The minimum absolute atomic E-state index is 0.297. The molecule has 0 fully saturated rings. The number of anilines is 1. The van der Waals surface area contributed by atoms with Crippen molar-refractivity contribution in [1.82, 2.24) is 4.72 Å². The quantitative estimate of drug-likeness (QED) is 0.856. The van der Waals surface area contributed by atoms with Crippen molar-refractivity contribution in [3.63, 3.8) is 0 Å². The van der Waals surface area contributed by atoms with Crippen molar-refractivity contribution < 1.29 is 22.7 Å². The van der Waals surface area contributed by atoms with Gasteiger partial charge in [-0.1, -0.05) is 0 Å². The molecule has 0 aromatic heterocycles. The third-order valence-electron chi connectivity index (χ3n) is 1.90. The molecule has 0 bridgehead atoms. The van der Waals surface area contributed by atoms with Gasteiger partial charge in [-0.05, 0) is 38.1 Å². The van der Waals surface area contributed by atoms with Crippen molar-refractivity contribution in [1.29, 1.82) is 0 Å². The number of methoxy groups -OCH3 is 1. The average molecular weight is 288 g/mol. The van der Waals surface area contributed by atoms with Crippen molar-refractivity contribution in [3.05, 3.63) is 24.3 Å². The van der Waals surface area contributed by atoms with Crippen LogP contribution < -0.4 is 14.2 Å². The fourth-order valence-corrected chi connectivity index (χ4v) is 1.95. The molecular weight excluding hydrogens is 272 g/mol. The van der Waals surface area contributed by atoms with Crippen LogP contribution in [0.25, 0.3) is 0 Å². The molecule has 0 radical (unpaired) electrons. The molecular formula is C11H16N2O5S. The smallest absolute Gasteiger partial charge is 0.422 e. The Bertz CT molecular complexity index is 525. The van der Waals surface area contributed by atoms with Crippen molar-refractivity contribution in [2.75, 3.05) is 11.8 Å². The molecule has 1 aromatic rings. The summed E-state index contributed by atoms with van der Waals surface area (Å²) in [4.78, 5) is 11.2. The molecule has 19 heavy (non-hydrogen) atoms. The summed E-state index contributed by atoms with van der Waals surface area (Å²) in [5.41, 5.74) is 0.297. The first-order valence-corrected chi connectivity index (χ1v) is 6.96. The molecule has 1 rings (SSSR count). The van der Waals surface area contributed by atoms with E-state index in [0.29, 0.717) is 11.4 Å². The molecule has 1 aromatic carbocycles. The lowest BCUT2D eigenvalue weighted by molar-refractivity contribution is 0.121. The first kappa shape index (κ1) is 15.1. The van der Waals surface area contributed by atoms with Crippen LogP contribution in [0.4, 0.5) is 10.5 Å². The number of hydrogen-bond acceptors (Lipinski definition) is 5. The van der Waals surface area contributed by atoms with Gasteiger partial charge in [0.25, 0.3) is 0 Å². The van der Waals surface area contributed by atoms with Gasteiger partial charge in [-0.15, -0.1) is 0 Å². The van der Waals surface area contributed by atoms with Crippen LogP contribution in [0.3, 0.4) is 0 Å². The molecule has 0 spiro atoms. The second-order valence-corrected chi connectivity index (χ2v) is 5.31. The van der Waals surface area contributed by atoms with E-state index in [9.17, 15) is 13.2 Å². The third-order valence-corrected chi connectivity index (χ3v) is 2.84. The second kappa shape index (κ2) is 6.28. The molecule has 0 saturated heterocycles. The Morgan fingerprint density at radius 1 is 1.21 bits per heavy atom. The van der Waals surface area contributed by atoms with Gasteiger partial charge in [-0.25, -0.2) is 9.52 Å². The van der Waals surface area contributed by atoms with Crippen molar-refractivity contribution in [3.8, 4) is 5.75 Å². The van der Waals surface area contributed by atoms with E-state index in [0.717, 1.165) is 0 Å². The van der Waals surface area contributed by atoms with E-state index >= 15 is 0 Å². The lowest BCUT2D eigenvalue weighted by atomic mass is 10.3. The van der Waals surface area contributed by atoms with Crippen LogP contribution in [-0.2, 0) is 14.9 Å². The largest absolute Gasteiger partial charge is 0.497 e. The van der Waals surface area contributed by atoms with Gasteiger partial charge >= 0.3 is 16.3 Å². The Morgan fingerprint density at radius 2 is 1.79 bits per heavy atom. The van der Waals surface area contributed by atoms with Crippen LogP contribution in [0.5, 0.6) is 5.75 Å². The van der Waals surface area contributed by atoms with Gasteiger partial charge in [0, 0.05) is 0 Å². The molecule has 0 atom stereocenters. The van der Waals surface area contributed by atoms with Gasteiger partial charge in [0.1, 0.15) is 5.75 Å². The Kier molecular flexibility index (Phi) is 4.99. The summed E-state index contributed by atoms with van der Waals surface area (Å²) in [7, 11) is -2.51. The maximum Gasteiger partial charge on any atom is 0.422 e. The van der Waals surface area contributed by atoms with Crippen LogP contribution in [-0.4, -0.2) is 27.7 Å². The monoisotopic (exact) mass is 288 g/mol. The molecule has 8 heteroatoms. The van der Waals surface area contributed by atoms with E-state index in [-0.39, 0.29) is 0 Å². The van der Waals surface area contributed by atoms with Gasteiger partial charge in [0.2, 0.25) is 0 Å². The number of amides is 1. The highest BCUT2D eigenvalue weighted by Crippen LogP contribution is 2.15. The Morgan fingerprint density at radius 3 is 2.26 bits per heavy atom. The zero-order valence-electron chi connectivity index (χ0n) is 10.8. The van der Waals surface area contributed by atoms with E-state index in [4.69, 9.17) is 4.74 Å². The maximum atomic E-state index is 11.6. The number of carbonyl (C=O) groups is 1. The summed E-state index contributed by atoms with van der Waals surface area (Å²) >= 11 is 0. The van der Waals surface area contributed by atoms with Gasteiger partial charge in [-0.2, -0.15) is 8.42 Å². The number of ether oxygens (including phenoxy) is 2. The van der Waals surface area contributed by atoms with Gasteiger partial charge in [0.05, 0.1) is 18.9 Å². The van der Waals surface area contributed by atoms with E-state index in [1.165, 1.54) is 19.2 Å². The predicted octanol–water partition coefficient (Wildman–Crippen LogP) is 1.49. The van der Waals surface area contributed by atoms with E-state index < -0.39 is 22.4 Å². The van der Waals surface area contributed by atoms with Crippen LogP contribution in [0.2, 0.25) is 0 Å². The normalized spacial score (nSPS) is 10.9. The highest BCUT2D eigenvalue weighted by Gasteiger charge is 2.16. The third kappa shape index (κ3) is 5.47. The topological polar surface area (TPSA) is 93.7 Å². The van der Waals surface area contributed by atoms with E-state index in [1.807, 2.05) is 0 Å². The fraction of sp³-hybridized carbons (Fsp3) is 0.364. The molecule has 2 N–H and O–H groups in total. The molecule has 0 aliphatic heterocycles. The zero-order valence-corrected chi connectivity index (χ0v) is 11.7. The Balaban J connectivity index is 2.65. The first-order chi connectivity index (χ1) is 8.82. The lowest BCUT2D eigenvalue weighted by Crippen LogP contribution is -2.36. The number of nitrogens with one attached hydrogen (secondary N) is 2. The molecule has 106 valence electrons. The molecule has 0 saturated carbocycles. The minimum Gasteiger partial charge on any atom is -0.497 e. The maximum absolute atomic E-state index is 11.6. The Hall–Kier alpha value is -1.96. The van der Waals surface area contributed by atoms with Crippen LogP contribution in [0, 0.1) is 0 Å². The predicted molar refractivity (Wildman–Crippen MR) is 70.3 cm³/mol. The zero-order chi connectivity index (χ0) is 14.5. The summed E-state index contributed by atoms with van der Waals surface area (Å²) in [6.07, 6.45) is -1.44. The van der Waals surface area contributed by atoms with E-state index in [2.05, 4.69) is 9.46 Å². The minimum atomic E-state index is -4.01. The summed E-state index contributed by atoms with van der Waals surface area (Å²) in [5, 5.41) is 0. The Labute approximate surface area is 112 Å². The standard InChI is InChI=1S/C11H16N2O5S/c1-8(2)18-11(14)13-19(15,16)12-9-4-6-10(17-3)7-5-9/h4-8,12H,1-3H3,(H,13,14). The molecule has 0 aliphatic rings. The number of rotatable bonds is 5. The van der Waals surface area contributed by atoms with Gasteiger partial charge in [-0.3, -0.25) is 4.72 Å². The molecule has 0 unspecified atom stereocenters. The first-order valence-electron chi connectivity index (χ1n) is 5.47. The summed E-state index contributed by atoms with van der Waals surface area (Å²) in [5.74, 6) is 0.593. The van der Waals surface area contributed by atoms with E-state index in [1.54, 1.807) is 30.7 Å². The number of carbonyl (C=O) groups excluding carboxylic acids is 1. The molecule has 7 nitrogen and oxygen atoms in total. The lowest BCUT2D eigenvalue weighted by Gasteiger charge is -2.11. The summed E-state index contributed by atoms with van der Waals surface area (Å²) in [6.45, 7) is 3.23. The molecule has 0 heterocycles. The average Bonchev–Trinajstić information content (AvgIpc) is 2.27. The van der Waals surface area contributed by atoms with Crippen molar-refractivity contribution in [2.45, 2.75) is 20.0 Å².